The molecule has 5 heteroatoms. The first kappa shape index (κ1) is 15.3. The number of nitrogens with zero attached hydrogens (tertiary/aromatic N) is 1. The molecule has 21 heavy (non-hydrogen) atoms. The molecule has 0 bridgehead atoms. The number of halogens is 2. The molecule has 2 aromatic carbocycles. The molecule has 0 saturated carbocycles. The summed E-state index contributed by atoms with van der Waals surface area (Å²) in [6.45, 7) is 0.544. The second kappa shape index (κ2) is 7.07. The van der Waals surface area contributed by atoms with Crippen molar-refractivity contribution in [3.8, 4) is 11.8 Å². The normalized spacial score (nSPS) is 10.2. The van der Waals surface area contributed by atoms with Gasteiger partial charge in [-0.1, -0.05) is 17.7 Å². The Balaban J connectivity index is 2.23. The molecule has 108 valence electrons. The number of hydrogen-bond acceptors (Lipinski definition) is 3. The number of benzene rings is 2. The lowest BCUT2D eigenvalue weighted by Gasteiger charge is -2.13. The molecular formula is C16H14ClFN2O. The molecule has 0 saturated heterocycles. The Morgan fingerprint density at radius 1 is 1.29 bits per heavy atom. The van der Waals surface area contributed by atoms with Crippen LogP contribution in [0.25, 0.3) is 0 Å². The molecule has 0 fully saturated rings. The summed E-state index contributed by atoms with van der Waals surface area (Å²) < 4.78 is 19.0. The summed E-state index contributed by atoms with van der Waals surface area (Å²) in [5.41, 5.74) is 7.26. The zero-order valence-electron chi connectivity index (χ0n) is 11.3. The first-order chi connectivity index (χ1) is 10.2. The average molecular weight is 305 g/mol. The van der Waals surface area contributed by atoms with Crippen LogP contribution in [0.5, 0.6) is 5.75 Å². The monoisotopic (exact) mass is 304 g/mol. The number of nitrogens with two attached hydrogens (primary N) is 1. The minimum absolute atomic E-state index is 0.0958. The highest BCUT2D eigenvalue weighted by Gasteiger charge is 2.10. The van der Waals surface area contributed by atoms with Gasteiger partial charge in [-0.05, 0) is 43.3 Å². The van der Waals surface area contributed by atoms with Crippen LogP contribution in [0.15, 0.2) is 36.4 Å². The van der Waals surface area contributed by atoms with E-state index in [0.29, 0.717) is 34.9 Å². The predicted octanol–water partition coefficient (Wildman–Crippen LogP) is 3.43. The standard InChI is InChI=1S/C16H14ClFN2O/c17-15-2-1-3-16(14(15)6-7-19)21-10-12-8-13(18)5-4-11(12)9-20/h1-5,8H,6-7,10,19H2. The van der Waals surface area contributed by atoms with E-state index in [2.05, 4.69) is 0 Å². The van der Waals surface area contributed by atoms with Gasteiger partial charge in [0, 0.05) is 16.1 Å². The van der Waals surface area contributed by atoms with E-state index >= 15 is 0 Å². The van der Waals surface area contributed by atoms with Gasteiger partial charge in [-0.3, -0.25) is 0 Å². The minimum atomic E-state index is -0.402. The number of ether oxygens (including phenoxy) is 1. The van der Waals surface area contributed by atoms with Gasteiger partial charge < -0.3 is 10.5 Å². The molecule has 0 spiro atoms. The number of hydrogen-bond donors (Lipinski definition) is 1. The maximum absolute atomic E-state index is 13.3. The summed E-state index contributed by atoms with van der Waals surface area (Å²) in [5, 5.41) is 9.61. The van der Waals surface area contributed by atoms with Crippen LogP contribution in [0, 0.1) is 17.1 Å². The first-order valence-corrected chi connectivity index (χ1v) is 6.82. The van der Waals surface area contributed by atoms with Crippen molar-refractivity contribution in [1.82, 2.24) is 0 Å². The van der Waals surface area contributed by atoms with Crippen molar-refractivity contribution in [2.45, 2.75) is 13.0 Å². The quantitative estimate of drug-likeness (QED) is 0.920. The number of rotatable bonds is 5. The Bertz CT molecular complexity index is 682. The van der Waals surface area contributed by atoms with Gasteiger partial charge >= 0.3 is 0 Å². The second-order valence-electron chi connectivity index (χ2n) is 4.46. The molecule has 2 N–H and O–H groups in total. The van der Waals surface area contributed by atoms with Gasteiger partial charge in [0.1, 0.15) is 18.2 Å². The summed E-state index contributed by atoms with van der Waals surface area (Å²) in [6.07, 6.45) is 0.587. The smallest absolute Gasteiger partial charge is 0.124 e. The molecule has 2 rings (SSSR count). The summed E-state index contributed by atoms with van der Waals surface area (Å²) in [7, 11) is 0. The van der Waals surface area contributed by atoms with Crippen LogP contribution < -0.4 is 10.5 Å². The second-order valence-corrected chi connectivity index (χ2v) is 4.86. The lowest BCUT2D eigenvalue weighted by molar-refractivity contribution is 0.302. The summed E-state index contributed by atoms with van der Waals surface area (Å²) in [6, 6.07) is 11.3. The molecule has 0 radical (unpaired) electrons. The van der Waals surface area contributed by atoms with Crippen molar-refractivity contribution in [3.05, 3.63) is 63.9 Å². The molecule has 0 aliphatic heterocycles. The van der Waals surface area contributed by atoms with E-state index in [-0.39, 0.29) is 6.61 Å². The third-order valence-corrected chi connectivity index (χ3v) is 3.40. The van der Waals surface area contributed by atoms with E-state index in [1.165, 1.54) is 18.2 Å². The Labute approximate surface area is 127 Å². The molecule has 0 aliphatic carbocycles. The summed E-state index contributed by atoms with van der Waals surface area (Å²) in [5.74, 6) is 0.196. The summed E-state index contributed by atoms with van der Waals surface area (Å²) in [4.78, 5) is 0. The third-order valence-electron chi connectivity index (χ3n) is 3.04. The molecule has 2 aromatic rings. The average Bonchev–Trinajstić information content (AvgIpc) is 2.48. The van der Waals surface area contributed by atoms with Gasteiger partial charge in [0.2, 0.25) is 0 Å². The Morgan fingerprint density at radius 3 is 2.81 bits per heavy atom. The molecule has 0 heterocycles. The van der Waals surface area contributed by atoms with Crippen LogP contribution >= 0.6 is 11.6 Å². The van der Waals surface area contributed by atoms with Crippen molar-refractivity contribution >= 4 is 11.6 Å². The molecule has 0 atom stereocenters. The number of nitriles is 1. The predicted molar refractivity (Wildman–Crippen MR) is 79.7 cm³/mol. The van der Waals surface area contributed by atoms with Gasteiger partial charge in [0.25, 0.3) is 0 Å². The first-order valence-electron chi connectivity index (χ1n) is 6.44. The highest BCUT2D eigenvalue weighted by atomic mass is 35.5. The summed E-state index contributed by atoms with van der Waals surface area (Å²) >= 11 is 6.13. The van der Waals surface area contributed by atoms with E-state index in [0.717, 1.165) is 5.56 Å². The lowest BCUT2D eigenvalue weighted by atomic mass is 10.1. The van der Waals surface area contributed by atoms with Crippen molar-refractivity contribution < 1.29 is 9.13 Å². The van der Waals surface area contributed by atoms with Crippen molar-refractivity contribution in [2.75, 3.05) is 6.54 Å². The van der Waals surface area contributed by atoms with E-state index in [1.54, 1.807) is 18.2 Å². The van der Waals surface area contributed by atoms with E-state index in [9.17, 15) is 4.39 Å². The van der Waals surface area contributed by atoms with Crippen LogP contribution in [0.3, 0.4) is 0 Å². The molecule has 0 aromatic heterocycles. The fourth-order valence-electron chi connectivity index (χ4n) is 2.01. The third kappa shape index (κ3) is 3.72. The van der Waals surface area contributed by atoms with Crippen LogP contribution in [0.2, 0.25) is 5.02 Å². The molecular weight excluding hydrogens is 291 g/mol. The maximum Gasteiger partial charge on any atom is 0.124 e. The van der Waals surface area contributed by atoms with Gasteiger partial charge in [-0.25, -0.2) is 4.39 Å². The van der Waals surface area contributed by atoms with Gasteiger partial charge in [-0.2, -0.15) is 5.26 Å². The van der Waals surface area contributed by atoms with Gasteiger partial charge in [0.05, 0.1) is 11.6 Å². The van der Waals surface area contributed by atoms with E-state index < -0.39 is 5.82 Å². The Kier molecular flexibility index (Phi) is 5.15. The topological polar surface area (TPSA) is 59.0 Å². The molecule has 0 amide bonds. The molecule has 0 unspecified atom stereocenters. The highest BCUT2D eigenvalue weighted by molar-refractivity contribution is 6.31. The van der Waals surface area contributed by atoms with Crippen molar-refractivity contribution in [1.29, 1.82) is 5.26 Å². The highest BCUT2D eigenvalue weighted by Crippen LogP contribution is 2.27. The minimum Gasteiger partial charge on any atom is -0.489 e. The lowest BCUT2D eigenvalue weighted by Crippen LogP contribution is -2.06. The fraction of sp³-hybridized carbons (Fsp3) is 0.188. The van der Waals surface area contributed by atoms with Gasteiger partial charge in [0.15, 0.2) is 0 Å². The molecule has 0 aliphatic rings. The van der Waals surface area contributed by atoms with Crippen LogP contribution in [-0.2, 0) is 13.0 Å². The van der Waals surface area contributed by atoms with E-state index in [1.807, 2.05) is 6.07 Å². The van der Waals surface area contributed by atoms with Gasteiger partial charge in [-0.15, -0.1) is 0 Å². The zero-order valence-corrected chi connectivity index (χ0v) is 12.0. The van der Waals surface area contributed by atoms with Crippen molar-refractivity contribution in [2.24, 2.45) is 5.73 Å². The van der Waals surface area contributed by atoms with Crippen LogP contribution in [0.1, 0.15) is 16.7 Å². The molecule has 3 nitrogen and oxygen atoms in total. The maximum atomic E-state index is 13.3. The Morgan fingerprint density at radius 2 is 2.10 bits per heavy atom. The zero-order chi connectivity index (χ0) is 15.2. The fourth-order valence-corrected chi connectivity index (χ4v) is 2.27. The van der Waals surface area contributed by atoms with Crippen LogP contribution in [-0.4, -0.2) is 6.54 Å². The van der Waals surface area contributed by atoms with Crippen molar-refractivity contribution in [3.63, 3.8) is 0 Å². The SMILES string of the molecule is N#Cc1ccc(F)cc1COc1cccc(Cl)c1CCN. The van der Waals surface area contributed by atoms with Crippen LogP contribution in [0.4, 0.5) is 4.39 Å². The largest absolute Gasteiger partial charge is 0.489 e. The Hall–Kier alpha value is -2.09. The van der Waals surface area contributed by atoms with E-state index in [4.69, 9.17) is 27.3 Å².